The van der Waals surface area contributed by atoms with Crippen molar-refractivity contribution in [1.82, 2.24) is 5.32 Å². The van der Waals surface area contributed by atoms with Crippen LogP contribution < -0.4 is 16.8 Å². The minimum atomic E-state index is -0.574. The molecule has 5 heteroatoms. The van der Waals surface area contributed by atoms with E-state index in [1.165, 1.54) is 0 Å². The highest BCUT2D eigenvalue weighted by molar-refractivity contribution is 5.81. The van der Waals surface area contributed by atoms with Gasteiger partial charge in [-0.2, -0.15) is 0 Å². The van der Waals surface area contributed by atoms with Gasteiger partial charge in [-0.15, -0.1) is 0 Å². The van der Waals surface area contributed by atoms with Crippen molar-refractivity contribution in [2.24, 2.45) is 23.3 Å². The van der Waals surface area contributed by atoms with Gasteiger partial charge in [0.25, 0.3) is 5.91 Å². The van der Waals surface area contributed by atoms with Crippen LogP contribution in [-0.2, 0) is 9.53 Å². The highest BCUT2D eigenvalue weighted by atomic mass is 16.5. The Labute approximate surface area is 90.5 Å². The minimum Gasteiger partial charge on any atom is -0.362 e. The van der Waals surface area contributed by atoms with Crippen LogP contribution in [0.4, 0.5) is 0 Å². The predicted molar refractivity (Wildman–Crippen MR) is 58.1 cm³/mol. The molecule has 5 atom stereocenters. The zero-order valence-corrected chi connectivity index (χ0v) is 9.57. The Kier molecular flexibility index (Phi) is 4.07. The van der Waals surface area contributed by atoms with Gasteiger partial charge in [0, 0.05) is 19.6 Å². The van der Waals surface area contributed by atoms with Crippen molar-refractivity contribution in [3.63, 3.8) is 0 Å². The van der Waals surface area contributed by atoms with Crippen LogP contribution in [0.3, 0.4) is 0 Å². The summed E-state index contributed by atoms with van der Waals surface area (Å²) in [5.41, 5.74) is 11.6. The first-order chi connectivity index (χ1) is 7.02. The van der Waals surface area contributed by atoms with Gasteiger partial charge in [-0.3, -0.25) is 4.79 Å². The summed E-state index contributed by atoms with van der Waals surface area (Å²) < 4.78 is 5.62. The summed E-state index contributed by atoms with van der Waals surface area (Å²) in [6.45, 7) is 4.52. The van der Waals surface area contributed by atoms with Gasteiger partial charge in [0.05, 0.1) is 6.10 Å². The number of nitrogens with two attached hydrogens (primary N) is 2. The van der Waals surface area contributed by atoms with Crippen LogP contribution in [0, 0.1) is 11.8 Å². The summed E-state index contributed by atoms with van der Waals surface area (Å²) in [5, 5.41) is 2.56. The number of likely N-dealkylation sites (N-methyl/N-ethyl adjacent to an activating group) is 1. The number of rotatable bonds is 2. The van der Waals surface area contributed by atoms with E-state index in [0.29, 0.717) is 6.54 Å². The lowest BCUT2D eigenvalue weighted by atomic mass is 9.80. The molecule has 1 rings (SSSR count). The van der Waals surface area contributed by atoms with E-state index in [1.807, 2.05) is 6.92 Å². The van der Waals surface area contributed by atoms with E-state index in [9.17, 15) is 4.79 Å². The third-order valence-electron chi connectivity index (χ3n) is 3.43. The first-order valence-electron chi connectivity index (χ1n) is 5.35. The van der Waals surface area contributed by atoms with Crippen molar-refractivity contribution >= 4 is 5.91 Å². The van der Waals surface area contributed by atoms with Gasteiger partial charge >= 0.3 is 0 Å². The molecule has 0 radical (unpaired) electrons. The summed E-state index contributed by atoms with van der Waals surface area (Å²) in [5.74, 6) is 0.347. The Balaban J connectivity index is 2.78. The molecule has 1 fully saturated rings. The molecule has 15 heavy (non-hydrogen) atoms. The molecule has 0 spiro atoms. The summed E-state index contributed by atoms with van der Waals surface area (Å²) >= 11 is 0. The van der Waals surface area contributed by atoms with Crippen molar-refractivity contribution < 1.29 is 9.53 Å². The predicted octanol–water partition coefficient (Wildman–Crippen LogP) is -0.942. The summed E-state index contributed by atoms with van der Waals surface area (Å²) in [6, 6.07) is -0.261. The molecule has 88 valence electrons. The topological polar surface area (TPSA) is 90.4 Å². The Morgan fingerprint density at radius 1 is 1.40 bits per heavy atom. The van der Waals surface area contributed by atoms with Crippen LogP contribution in [0.25, 0.3) is 0 Å². The smallest absolute Gasteiger partial charge is 0.250 e. The van der Waals surface area contributed by atoms with Crippen molar-refractivity contribution in [2.75, 3.05) is 13.6 Å². The van der Waals surface area contributed by atoms with Gasteiger partial charge in [-0.25, -0.2) is 0 Å². The molecule has 1 amide bonds. The summed E-state index contributed by atoms with van der Waals surface area (Å²) in [7, 11) is 1.58. The van der Waals surface area contributed by atoms with E-state index in [-0.39, 0.29) is 29.9 Å². The molecule has 0 aromatic heterocycles. The van der Waals surface area contributed by atoms with Gasteiger partial charge in [0.2, 0.25) is 0 Å². The second kappa shape index (κ2) is 4.92. The molecule has 5 N–H and O–H groups in total. The van der Waals surface area contributed by atoms with Crippen LogP contribution >= 0.6 is 0 Å². The SMILES string of the molecule is CNC(=O)[C@@H]1O[C@H](CN)[C@H](C)[C@H](C)[C@H]1N. The third kappa shape index (κ3) is 2.30. The Bertz CT molecular complexity index is 233. The summed E-state index contributed by atoms with van der Waals surface area (Å²) in [4.78, 5) is 11.5. The molecule has 1 heterocycles. The minimum absolute atomic E-state index is 0.0814. The van der Waals surface area contributed by atoms with Gasteiger partial charge in [-0.1, -0.05) is 13.8 Å². The lowest BCUT2D eigenvalue weighted by Crippen LogP contribution is -2.59. The maximum atomic E-state index is 11.5. The van der Waals surface area contributed by atoms with E-state index in [0.717, 1.165) is 0 Å². The third-order valence-corrected chi connectivity index (χ3v) is 3.43. The zero-order chi connectivity index (χ0) is 11.6. The standard InChI is InChI=1S/C10H21N3O2/c1-5-6(2)8(12)9(10(14)13-3)15-7(5)4-11/h5-9H,4,11-12H2,1-3H3,(H,13,14)/t5-,6+,7-,8-,9-/m1/s1. The molecule has 0 bridgehead atoms. The molecule has 0 aromatic carbocycles. The Hall–Kier alpha value is -0.650. The van der Waals surface area contributed by atoms with E-state index < -0.39 is 6.10 Å². The quantitative estimate of drug-likeness (QED) is 0.554. The monoisotopic (exact) mass is 215 g/mol. The molecule has 5 nitrogen and oxygen atoms in total. The maximum absolute atomic E-state index is 11.5. The van der Waals surface area contributed by atoms with Crippen LogP contribution in [0.5, 0.6) is 0 Å². The molecule has 0 aromatic rings. The number of carbonyl (C=O) groups excluding carboxylic acids is 1. The number of nitrogens with one attached hydrogen (secondary N) is 1. The maximum Gasteiger partial charge on any atom is 0.250 e. The molecule has 0 unspecified atom stereocenters. The zero-order valence-electron chi connectivity index (χ0n) is 9.57. The molecule has 1 aliphatic rings. The van der Waals surface area contributed by atoms with Crippen LogP contribution in [0.2, 0.25) is 0 Å². The largest absolute Gasteiger partial charge is 0.362 e. The molecule has 0 saturated carbocycles. The lowest BCUT2D eigenvalue weighted by molar-refractivity contribution is -0.153. The normalized spacial score (nSPS) is 41.3. The fourth-order valence-corrected chi connectivity index (χ4v) is 2.02. The van der Waals surface area contributed by atoms with Crippen molar-refractivity contribution in [1.29, 1.82) is 0 Å². The van der Waals surface area contributed by atoms with E-state index in [4.69, 9.17) is 16.2 Å². The molecule has 1 saturated heterocycles. The number of carbonyl (C=O) groups is 1. The van der Waals surface area contributed by atoms with Crippen molar-refractivity contribution in [3.8, 4) is 0 Å². The average molecular weight is 215 g/mol. The first-order valence-corrected chi connectivity index (χ1v) is 5.35. The van der Waals surface area contributed by atoms with Crippen LogP contribution in [0.15, 0.2) is 0 Å². The highest BCUT2D eigenvalue weighted by Gasteiger charge is 2.41. The van der Waals surface area contributed by atoms with Crippen LogP contribution in [0.1, 0.15) is 13.8 Å². The molecular weight excluding hydrogens is 194 g/mol. The van der Waals surface area contributed by atoms with E-state index in [2.05, 4.69) is 12.2 Å². The van der Waals surface area contributed by atoms with E-state index in [1.54, 1.807) is 7.05 Å². The van der Waals surface area contributed by atoms with Crippen molar-refractivity contribution in [2.45, 2.75) is 32.1 Å². The number of ether oxygens (including phenoxy) is 1. The van der Waals surface area contributed by atoms with E-state index >= 15 is 0 Å². The van der Waals surface area contributed by atoms with Crippen molar-refractivity contribution in [3.05, 3.63) is 0 Å². The Morgan fingerprint density at radius 3 is 2.47 bits per heavy atom. The Morgan fingerprint density at radius 2 is 2.00 bits per heavy atom. The summed E-state index contributed by atoms with van der Waals surface area (Å²) in [6.07, 6.45) is -0.656. The fraction of sp³-hybridized carbons (Fsp3) is 0.900. The van der Waals surface area contributed by atoms with Gasteiger partial charge in [-0.05, 0) is 11.8 Å². The van der Waals surface area contributed by atoms with Gasteiger partial charge in [0.15, 0.2) is 6.10 Å². The number of amides is 1. The van der Waals surface area contributed by atoms with Gasteiger partial charge in [0.1, 0.15) is 0 Å². The second-order valence-electron chi connectivity index (χ2n) is 4.24. The lowest BCUT2D eigenvalue weighted by Gasteiger charge is -2.42. The number of hydrogen-bond acceptors (Lipinski definition) is 4. The van der Waals surface area contributed by atoms with Gasteiger partial charge < -0.3 is 21.5 Å². The van der Waals surface area contributed by atoms with Crippen LogP contribution in [-0.4, -0.2) is 37.7 Å². The average Bonchev–Trinajstić information content (AvgIpc) is 2.25. The first kappa shape index (κ1) is 12.4. The highest BCUT2D eigenvalue weighted by Crippen LogP contribution is 2.29. The molecule has 1 aliphatic heterocycles. The number of hydrogen-bond donors (Lipinski definition) is 3. The second-order valence-corrected chi connectivity index (χ2v) is 4.24. The molecule has 0 aliphatic carbocycles. The molecular formula is C10H21N3O2. The fourth-order valence-electron chi connectivity index (χ4n) is 2.02.